The summed E-state index contributed by atoms with van der Waals surface area (Å²) >= 11 is 11.8. The molecule has 0 bridgehead atoms. The number of aromatic nitrogens is 3. The Hall–Kier alpha value is -1.79. The van der Waals surface area contributed by atoms with Crippen molar-refractivity contribution in [2.24, 2.45) is 0 Å². The van der Waals surface area contributed by atoms with Crippen LogP contribution in [0.4, 0.5) is 11.6 Å². The zero-order valence-electron chi connectivity index (χ0n) is 10.9. The molecule has 0 unspecified atom stereocenters. The van der Waals surface area contributed by atoms with Crippen molar-refractivity contribution in [3.05, 3.63) is 28.5 Å². The van der Waals surface area contributed by atoms with E-state index in [0.29, 0.717) is 23.1 Å². The molecule has 2 rings (SSSR count). The van der Waals surface area contributed by atoms with Gasteiger partial charge < -0.3 is 14.8 Å². The van der Waals surface area contributed by atoms with Crippen molar-refractivity contribution in [2.45, 2.75) is 6.92 Å². The summed E-state index contributed by atoms with van der Waals surface area (Å²) in [5.41, 5.74) is 0.695. The third-order valence-electron chi connectivity index (χ3n) is 2.27. The molecule has 1 N–H and O–H groups in total. The standard InChI is InChI=1S/C12H12Cl2N4O2/c1-3-20-12-17-10(14)16-11(18-12)15-7-4-5-9(19-2)8(13)6-7/h4-6H,3H2,1-2H3,(H,15,16,17,18). The van der Waals surface area contributed by atoms with E-state index in [1.807, 2.05) is 6.92 Å². The Labute approximate surface area is 126 Å². The maximum Gasteiger partial charge on any atom is 0.322 e. The third-order valence-corrected chi connectivity index (χ3v) is 2.73. The molecule has 1 aromatic heterocycles. The first kappa shape index (κ1) is 14.6. The van der Waals surface area contributed by atoms with Crippen molar-refractivity contribution in [3.8, 4) is 11.8 Å². The molecule has 0 radical (unpaired) electrons. The molecule has 0 aliphatic heterocycles. The number of anilines is 2. The summed E-state index contributed by atoms with van der Waals surface area (Å²) in [4.78, 5) is 11.9. The van der Waals surface area contributed by atoms with Crippen LogP contribution in [0.25, 0.3) is 0 Å². The second-order valence-electron chi connectivity index (χ2n) is 3.62. The van der Waals surface area contributed by atoms with Crippen LogP contribution in [-0.4, -0.2) is 28.7 Å². The van der Waals surface area contributed by atoms with Gasteiger partial charge >= 0.3 is 6.01 Å². The van der Waals surface area contributed by atoms with Crippen molar-refractivity contribution in [1.82, 2.24) is 15.0 Å². The van der Waals surface area contributed by atoms with Gasteiger partial charge in [0, 0.05) is 5.69 Å². The number of ether oxygens (including phenoxy) is 2. The molecule has 0 spiro atoms. The molecule has 20 heavy (non-hydrogen) atoms. The highest BCUT2D eigenvalue weighted by molar-refractivity contribution is 6.32. The maximum absolute atomic E-state index is 6.04. The minimum atomic E-state index is 0.0468. The van der Waals surface area contributed by atoms with E-state index < -0.39 is 0 Å². The number of methoxy groups -OCH3 is 1. The van der Waals surface area contributed by atoms with Gasteiger partial charge in [0.25, 0.3) is 0 Å². The molecule has 0 atom stereocenters. The summed E-state index contributed by atoms with van der Waals surface area (Å²) < 4.78 is 10.3. The van der Waals surface area contributed by atoms with E-state index in [1.54, 1.807) is 25.3 Å². The Bertz CT molecular complexity index is 610. The average Bonchev–Trinajstić information content (AvgIpc) is 2.38. The van der Waals surface area contributed by atoms with Crippen LogP contribution >= 0.6 is 23.2 Å². The highest BCUT2D eigenvalue weighted by atomic mass is 35.5. The zero-order chi connectivity index (χ0) is 14.5. The molecule has 0 aliphatic rings. The van der Waals surface area contributed by atoms with Crippen molar-refractivity contribution in [1.29, 1.82) is 0 Å². The van der Waals surface area contributed by atoms with Crippen LogP contribution in [0.2, 0.25) is 10.3 Å². The third kappa shape index (κ3) is 3.61. The summed E-state index contributed by atoms with van der Waals surface area (Å²) in [6.45, 7) is 2.27. The lowest BCUT2D eigenvalue weighted by Crippen LogP contribution is -2.03. The molecule has 0 fully saturated rings. The summed E-state index contributed by atoms with van der Waals surface area (Å²) in [7, 11) is 1.55. The Morgan fingerprint density at radius 2 is 2.00 bits per heavy atom. The second kappa shape index (κ2) is 6.58. The first-order chi connectivity index (χ1) is 9.62. The zero-order valence-corrected chi connectivity index (χ0v) is 12.4. The number of rotatable bonds is 5. The molecule has 1 aromatic carbocycles. The van der Waals surface area contributed by atoms with Gasteiger partial charge in [-0.25, -0.2) is 0 Å². The molecule has 2 aromatic rings. The Balaban J connectivity index is 2.23. The quantitative estimate of drug-likeness (QED) is 0.913. The van der Waals surface area contributed by atoms with Gasteiger partial charge in [0.15, 0.2) is 0 Å². The van der Waals surface area contributed by atoms with E-state index in [2.05, 4.69) is 20.3 Å². The number of nitrogens with zero attached hydrogens (tertiary/aromatic N) is 3. The largest absolute Gasteiger partial charge is 0.495 e. The lowest BCUT2D eigenvalue weighted by atomic mass is 10.3. The molecule has 6 nitrogen and oxygen atoms in total. The number of hydrogen-bond donors (Lipinski definition) is 1. The fourth-order valence-electron chi connectivity index (χ4n) is 1.45. The average molecular weight is 315 g/mol. The van der Waals surface area contributed by atoms with E-state index in [9.17, 15) is 0 Å². The smallest absolute Gasteiger partial charge is 0.322 e. The lowest BCUT2D eigenvalue weighted by molar-refractivity contribution is 0.312. The van der Waals surface area contributed by atoms with Crippen molar-refractivity contribution in [2.75, 3.05) is 19.0 Å². The summed E-state index contributed by atoms with van der Waals surface area (Å²) in [5.74, 6) is 0.857. The van der Waals surface area contributed by atoms with Gasteiger partial charge in [-0.15, -0.1) is 0 Å². The van der Waals surface area contributed by atoms with E-state index >= 15 is 0 Å². The molecule has 0 saturated carbocycles. The van der Waals surface area contributed by atoms with Gasteiger partial charge in [-0.2, -0.15) is 15.0 Å². The highest BCUT2D eigenvalue weighted by Gasteiger charge is 2.07. The molecule has 0 saturated heterocycles. The van der Waals surface area contributed by atoms with Gasteiger partial charge in [0.2, 0.25) is 11.2 Å². The van der Waals surface area contributed by atoms with Gasteiger partial charge in [-0.05, 0) is 36.7 Å². The van der Waals surface area contributed by atoms with E-state index in [0.717, 1.165) is 0 Å². The minimum Gasteiger partial charge on any atom is -0.495 e. The number of hydrogen-bond acceptors (Lipinski definition) is 6. The fourth-order valence-corrected chi connectivity index (χ4v) is 1.86. The van der Waals surface area contributed by atoms with Crippen molar-refractivity contribution >= 4 is 34.8 Å². The molecular weight excluding hydrogens is 303 g/mol. The Kier molecular flexibility index (Phi) is 4.81. The summed E-state index contributed by atoms with van der Waals surface area (Å²) in [5, 5.41) is 3.49. The van der Waals surface area contributed by atoms with Crippen LogP contribution in [-0.2, 0) is 0 Å². The van der Waals surface area contributed by atoms with Crippen LogP contribution in [0.15, 0.2) is 18.2 Å². The van der Waals surface area contributed by atoms with E-state index in [4.69, 9.17) is 32.7 Å². The lowest BCUT2D eigenvalue weighted by Gasteiger charge is -2.08. The van der Waals surface area contributed by atoms with Gasteiger partial charge in [-0.1, -0.05) is 11.6 Å². The maximum atomic E-state index is 6.04. The molecule has 106 valence electrons. The predicted octanol–water partition coefficient (Wildman–Crippen LogP) is 3.33. The summed E-state index contributed by atoms with van der Waals surface area (Å²) in [6.07, 6.45) is 0. The topological polar surface area (TPSA) is 69.2 Å². The molecule has 8 heteroatoms. The first-order valence-corrected chi connectivity index (χ1v) is 6.53. The Morgan fingerprint density at radius 3 is 2.65 bits per heavy atom. The number of benzene rings is 1. The van der Waals surface area contributed by atoms with Gasteiger partial charge in [0.1, 0.15) is 5.75 Å². The Morgan fingerprint density at radius 1 is 1.20 bits per heavy atom. The number of halogens is 2. The molecule has 0 aliphatic carbocycles. The fraction of sp³-hybridized carbons (Fsp3) is 0.250. The van der Waals surface area contributed by atoms with Crippen molar-refractivity contribution in [3.63, 3.8) is 0 Å². The van der Waals surface area contributed by atoms with Crippen LogP contribution in [0.1, 0.15) is 6.92 Å². The second-order valence-corrected chi connectivity index (χ2v) is 4.36. The van der Waals surface area contributed by atoms with Gasteiger partial charge in [0.05, 0.1) is 18.7 Å². The predicted molar refractivity (Wildman–Crippen MR) is 77.3 cm³/mol. The van der Waals surface area contributed by atoms with E-state index in [-0.39, 0.29) is 17.2 Å². The molecular formula is C12H12Cl2N4O2. The van der Waals surface area contributed by atoms with Crippen molar-refractivity contribution < 1.29 is 9.47 Å². The molecule has 0 amide bonds. The SMILES string of the molecule is CCOc1nc(Cl)nc(Nc2ccc(OC)c(Cl)c2)n1. The molecule has 1 heterocycles. The van der Waals surface area contributed by atoms with E-state index in [1.165, 1.54) is 0 Å². The van der Waals surface area contributed by atoms with Crippen LogP contribution in [0, 0.1) is 0 Å². The normalized spacial score (nSPS) is 10.2. The monoisotopic (exact) mass is 314 g/mol. The van der Waals surface area contributed by atoms with Crippen LogP contribution in [0.3, 0.4) is 0 Å². The number of nitrogens with one attached hydrogen (secondary N) is 1. The summed E-state index contributed by atoms with van der Waals surface area (Å²) in [6, 6.07) is 5.37. The highest BCUT2D eigenvalue weighted by Crippen LogP contribution is 2.28. The first-order valence-electron chi connectivity index (χ1n) is 5.77. The minimum absolute atomic E-state index is 0.0468. The van der Waals surface area contributed by atoms with Gasteiger partial charge in [-0.3, -0.25) is 0 Å². The van der Waals surface area contributed by atoms with Crippen LogP contribution in [0.5, 0.6) is 11.8 Å². The van der Waals surface area contributed by atoms with Crippen LogP contribution < -0.4 is 14.8 Å².